The fourth-order valence-electron chi connectivity index (χ4n) is 6.13. The predicted molar refractivity (Wildman–Crippen MR) is 122 cm³/mol. The van der Waals surface area contributed by atoms with Crippen molar-refractivity contribution < 1.29 is 33.6 Å². The Kier molecular flexibility index (Phi) is 5.91. The van der Waals surface area contributed by atoms with Crippen LogP contribution in [0.4, 0.5) is 4.79 Å². The van der Waals surface area contributed by atoms with Crippen molar-refractivity contribution in [1.82, 2.24) is 4.90 Å². The number of hydrogen-bond acceptors (Lipinski definition) is 7. The first-order chi connectivity index (χ1) is 16.3. The third-order valence-corrected chi connectivity index (χ3v) is 7.55. The fraction of sp³-hybridized carbons (Fsp3) is 0.654. The van der Waals surface area contributed by atoms with Gasteiger partial charge in [-0.1, -0.05) is 6.42 Å². The van der Waals surface area contributed by atoms with Crippen LogP contribution in [0.25, 0.3) is 0 Å². The molecule has 4 aliphatic rings. The van der Waals surface area contributed by atoms with Crippen LogP contribution in [-0.4, -0.2) is 59.6 Å². The molecule has 1 spiro atoms. The topological polar surface area (TPSA) is 86.7 Å². The standard InChI is InChI=1S/C26H33NO7/c1-4-8-26-24(15-21(14-22(16-24)33-26)32-25(29)9-6-5-7-10-25)34-23(28)27(26)17-18-11-19(30-2)13-20(12-18)31-3/h11-13,21-22,29H,5-7,9-10,14-17H2,1-3H3/t21-,22-,24-,26+/m0/s1. The van der Waals surface area contributed by atoms with Crippen LogP contribution in [0.1, 0.15) is 63.9 Å². The number of benzene rings is 1. The summed E-state index contributed by atoms with van der Waals surface area (Å²) in [6.45, 7) is 1.97. The zero-order valence-electron chi connectivity index (χ0n) is 20.1. The van der Waals surface area contributed by atoms with E-state index >= 15 is 0 Å². The maximum absolute atomic E-state index is 13.2. The van der Waals surface area contributed by atoms with Gasteiger partial charge in [0.15, 0.2) is 11.4 Å². The molecule has 2 heterocycles. The quantitative estimate of drug-likeness (QED) is 0.500. The second-order valence-corrected chi connectivity index (χ2v) is 9.82. The highest BCUT2D eigenvalue weighted by atomic mass is 16.7. The maximum atomic E-state index is 13.2. The number of carbonyl (C=O) groups is 1. The van der Waals surface area contributed by atoms with Gasteiger partial charge in [0.2, 0.25) is 0 Å². The monoisotopic (exact) mass is 471 g/mol. The molecule has 184 valence electrons. The lowest BCUT2D eigenvalue weighted by molar-refractivity contribution is -0.256. The van der Waals surface area contributed by atoms with Crippen LogP contribution >= 0.6 is 0 Å². The van der Waals surface area contributed by atoms with Crippen LogP contribution in [0.3, 0.4) is 0 Å². The van der Waals surface area contributed by atoms with E-state index < -0.39 is 23.2 Å². The van der Waals surface area contributed by atoms with Gasteiger partial charge in [0, 0.05) is 38.2 Å². The summed E-state index contributed by atoms with van der Waals surface area (Å²) >= 11 is 0. The number of amides is 1. The summed E-state index contributed by atoms with van der Waals surface area (Å²) in [5, 5.41) is 11.0. The van der Waals surface area contributed by atoms with Gasteiger partial charge in [-0.3, -0.25) is 4.90 Å². The highest BCUT2D eigenvalue weighted by Gasteiger charge is 2.73. The van der Waals surface area contributed by atoms with Crippen molar-refractivity contribution in [2.24, 2.45) is 0 Å². The Morgan fingerprint density at radius 2 is 1.82 bits per heavy atom. The molecule has 2 saturated heterocycles. The molecule has 8 nitrogen and oxygen atoms in total. The van der Waals surface area contributed by atoms with Gasteiger partial charge in [0.25, 0.3) is 5.72 Å². The van der Waals surface area contributed by atoms with E-state index in [-0.39, 0.29) is 18.8 Å². The molecule has 2 aliphatic carbocycles. The molecule has 1 N–H and O–H groups in total. The second-order valence-electron chi connectivity index (χ2n) is 9.82. The summed E-state index contributed by atoms with van der Waals surface area (Å²) in [4.78, 5) is 14.8. The van der Waals surface area contributed by atoms with Crippen LogP contribution < -0.4 is 9.47 Å². The molecule has 8 heteroatoms. The van der Waals surface area contributed by atoms with Crippen molar-refractivity contribution in [3.63, 3.8) is 0 Å². The Morgan fingerprint density at radius 3 is 2.47 bits per heavy atom. The Labute approximate surface area is 200 Å². The Hall–Kier alpha value is -2.47. The molecule has 2 bridgehead atoms. The number of methoxy groups -OCH3 is 2. The molecule has 5 rings (SSSR count). The van der Waals surface area contributed by atoms with E-state index in [1.54, 1.807) is 32.1 Å². The number of ether oxygens (including phenoxy) is 5. The first kappa shape index (κ1) is 23.3. The molecule has 0 aromatic heterocycles. The van der Waals surface area contributed by atoms with E-state index in [9.17, 15) is 9.90 Å². The molecule has 34 heavy (non-hydrogen) atoms. The van der Waals surface area contributed by atoms with Gasteiger partial charge in [-0.2, -0.15) is 0 Å². The van der Waals surface area contributed by atoms with Crippen molar-refractivity contribution in [3.8, 4) is 23.3 Å². The normalized spacial score (nSPS) is 33.5. The van der Waals surface area contributed by atoms with E-state index in [2.05, 4.69) is 11.8 Å². The van der Waals surface area contributed by atoms with Crippen molar-refractivity contribution in [2.75, 3.05) is 14.2 Å². The maximum Gasteiger partial charge on any atom is 0.414 e. The lowest BCUT2D eigenvalue weighted by Crippen LogP contribution is -2.56. The van der Waals surface area contributed by atoms with Gasteiger partial charge in [0.1, 0.15) is 11.5 Å². The minimum Gasteiger partial charge on any atom is -0.497 e. The summed E-state index contributed by atoms with van der Waals surface area (Å²) in [5.74, 6) is 6.32. The van der Waals surface area contributed by atoms with Crippen LogP contribution in [0.5, 0.6) is 11.5 Å². The Bertz CT molecular complexity index is 988. The van der Waals surface area contributed by atoms with Crippen LogP contribution in [0.15, 0.2) is 18.2 Å². The molecule has 0 radical (unpaired) electrons. The first-order valence-electron chi connectivity index (χ1n) is 12.1. The minimum atomic E-state index is -1.22. The average Bonchev–Trinajstić information content (AvgIpc) is 3.14. The van der Waals surface area contributed by atoms with Gasteiger partial charge in [0.05, 0.1) is 33.0 Å². The van der Waals surface area contributed by atoms with E-state index in [0.29, 0.717) is 43.6 Å². The summed E-state index contributed by atoms with van der Waals surface area (Å²) in [6, 6.07) is 5.50. The number of nitrogens with zero attached hydrogens (tertiary/aromatic N) is 1. The minimum absolute atomic E-state index is 0.178. The number of aliphatic hydroxyl groups is 1. The van der Waals surface area contributed by atoms with Crippen molar-refractivity contribution >= 4 is 6.09 Å². The van der Waals surface area contributed by atoms with Crippen molar-refractivity contribution in [2.45, 2.75) is 94.2 Å². The fourth-order valence-corrected chi connectivity index (χ4v) is 6.13. The molecule has 2 aliphatic heterocycles. The molecular formula is C26H33NO7. The van der Waals surface area contributed by atoms with Gasteiger partial charge in [-0.25, -0.2) is 4.79 Å². The Morgan fingerprint density at radius 1 is 1.12 bits per heavy atom. The molecule has 0 unspecified atom stereocenters. The van der Waals surface area contributed by atoms with Gasteiger partial charge in [-0.15, -0.1) is 5.92 Å². The summed E-state index contributed by atoms with van der Waals surface area (Å²) < 4.78 is 29.7. The van der Waals surface area contributed by atoms with Crippen LogP contribution in [-0.2, 0) is 20.8 Å². The average molecular weight is 472 g/mol. The predicted octanol–water partition coefficient (Wildman–Crippen LogP) is 3.74. The number of rotatable bonds is 6. The SMILES string of the molecule is CC#C[C@@]12O[C@H]3C[C@H](OC4(O)CCCCC4)C[C@@]1(C3)OC(=O)N2Cc1cc(OC)cc(OC)c1. The molecule has 4 atom stereocenters. The summed E-state index contributed by atoms with van der Waals surface area (Å²) in [6.07, 6.45) is 4.98. The molecule has 2 saturated carbocycles. The third-order valence-electron chi connectivity index (χ3n) is 7.55. The zero-order chi connectivity index (χ0) is 24.0. The van der Waals surface area contributed by atoms with Gasteiger partial charge >= 0.3 is 6.09 Å². The zero-order valence-corrected chi connectivity index (χ0v) is 20.1. The smallest absolute Gasteiger partial charge is 0.414 e. The molecule has 1 aromatic carbocycles. The van der Waals surface area contributed by atoms with E-state index in [0.717, 1.165) is 24.8 Å². The number of hydrogen-bond donors (Lipinski definition) is 1. The molecule has 1 amide bonds. The summed E-state index contributed by atoms with van der Waals surface area (Å²) in [5.41, 5.74) is -1.35. The molecule has 4 fully saturated rings. The molecular weight excluding hydrogens is 438 g/mol. The highest BCUT2D eigenvalue weighted by Crippen LogP contribution is 2.57. The lowest BCUT2D eigenvalue weighted by atomic mass is 9.77. The Balaban J connectivity index is 1.44. The largest absolute Gasteiger partial charge is 0.497 e. The highest BCUT2D eigenvalue weighted by molar-refractivity contribution is 5.74. The second kappa shape index (κ2) is 8.63. The van der Waals surface area contributed by atoms with E-state index in [4.69, 9.17) is 23.7 Å². The van der Waals surface area contributed by atoms with Gasteiger partial charge in [-0.05, 0) is 43.4 Å². The molecule has 1 aromatic rings. The van der Waals surface area contributed by atoms with Gasteiger partial charge < -0.3 is 28.8 Å². The van der Waals surface area contributed by atoms with Crippen LogP contribution in [0, 0.1) is 11.8 Å². The number of carbonyl (C=O) groups excluding carboxylic acids is 1. The van der Waals surface area contributed by atoms with Crippen molar-refractivity contribution in [1.29, 1.82) is 0 Å². The van der Waals surface area contributed by atoms with E-state index in [1.165, 1.54) is 0 Å². The van der Waals surface area contributed by atoms with E-state index in [1.807, 2.05) is 12.1 Å². The lowest BCUT2D eigenvalue weighted by Gasteiger charge is -2.41. The number of fused-ring (bicyclic) bond motifs is 1. The van der Waals surface area contributed by atoms with Crippen LogP contribution in [0.2, 0.25) is 0 Å². The summed E-state index contributed by atoms with van der Waals surface area (Å²) in [7, 11) is 3.18. The van der Waals surface area contributed by atoms with Crippen molar-refractivity contribution in [3.05, 3.63) is 23.8 Å². The third kappa shape index (κ3) is 3.80. The first-order valence-corrected chi connectivity index (χ1v) is 12.1.